The molecule has 0 radical (unpaired) electrons. The van der Waals surface area contributed by atoms with Crippen molar-refractivity contribution >= 4 is 12.1 Å². The molecule has 2 rings (SSSR count). The second-order valence-electron chi connectivity index (χ2n) is 6.29. The van der Waals surface area contributed by atoms with Gasteiger partial charge in [-0.25, -0.2) is 9.59 Å². The molecule has 2 aliphatic heterocycles. The highest BCUT2D eigenvalue weighted by molar-refractivity contribution is 5.81. The van der Waals surface area contributed by atoms with E-state index < -0.39 is 29.4 Å². The van der Waals surface area contributed by atoms with E-state index in [0.29, 0.717) is 6.42 Å². The van der Waals surface area contributed by atoms with Crippen LogP contribution in [-0.4, -0.2) is 58.8 Å². The van der Waals surface area contributed by atoms with Crippen molar-refractivity contribution in [1.29, 1.82) is 0 Å². The first-order valence-electron chi connectivity index (χ1n) is 6.65. The van der Waals surface area contributed by atoms with Gasteiger partial charge in [0.25, 0.3) is 0 Å². The number of nitrogens with zero attached hydrogens (tertiary/aromatic N) is 1. The monoisotopic (exact) mass is 287 g/mol. The van der Waals surface area contributed by atoms with Crippen LogP contribution in [0.1, 0.15) is 34.1 Å². The fourth-order valence-corrected chi connectivity index (χ4v) is 2.56. The molecule has 2 aliphatic rings. The maximum atomic E-state index is 12.3. The van der Waals surface area contributed by atoms with Gasteiger partial charge in [-0.3, -0.25) is 4.90 Å². The molecule has 1 amide bonds. The van der Waals surface area contributed by atoms with Crippen LogP contribution in [0.4, 0.5) is 4.79 Å². The van der Waals surface area contributed by atoms with Gasteiger partial charge in [0.15, 0.2) is 11.8 Å². The van der Waals surface area contributed by atoms with Gasteiger partial charge in [0.05, 0.1) is 19.3 Å². The van der Waals surface area contributed by atoms with Crippen molar-refractivity contribution in [2.24, 2.45) is 0 Å². The van der Waals surface area contributed by atoms with Gasteiger partial charge < -0.3 is 19.3 Å². The summed E-state index contributed by atoms with van der Waals surface area (Å²) < 4.78 is 16.4. The summed E-state index contributed by atoms with van der Waals surface area (Å²) in [5.74, 6) is -1.10. The van der Waals surface area contributed by atoms with Crippen molar-refractivity contribution in [3.05, 3.63) is 0 Å². The van der Waals surface area contributed by atoms with E-state index in [4.69, 9.17) is 14.2 Å². The predicted octanol–water partition coefficient (Wildman–Crippen LogP) is 1.21. The van der Waals surface area contributed by atoms with Gasteiger partial charge in [-0.15, -0.1) is 0 Å². The molecule has 20 heavy (non-hydrogen) atoms. The first-order chi connectivity index (χ1) is 9.15. The summed E-state index contributed by atoms with van der Waals surface area (Å²) in [7, 11) is 0. The molecule has 0 saturated carbocycles. The van der Waals surface area contributed by atoms with Crippen molar-refractivity contribution < 1.29 is 28.9 Å². The van der Waals surface area contributed by atoms with E-state index in [1.54, 1.807) is 20.8 Å². The third-order valence-corrected chi connectivity index (χ3v) is 3.34. The Bertz CT molecular complexity index is 418. The summed E-state index contributed by atoms with van der Waals surface area (Å²) in [5.41, 5.74) is -1.72. The SMILES string of the molecule is CC1CC2(CO1)OCC(C(=O)O)N2C(=O)OC(C)(C)C. The molecule has 2 heterocycles. The lowest BCUT2D eigenvalue weighted by Gasteiger charge is -2.35. The van der Waals surface area contributed by atoms with Gasteiger partial charge in [0.2, 0.25) is 0 Å². The van der Waals surface area contributed by atoms with Crippen molar-refractivity contribution in [2.75, 3.05) is 13.2 Å². The fourth-order valence-electron chi connectivity index (χ4n) is 2.56. The zero-order chi connectivity index (χ0) is 15.1. The molecule has 3 atom stereocenters. The van der Waals surface area contributed by atoms with Gasteiger partial charge in [0.1, 0.15) is 5.60 Å². The maximum Gasteiger partial charge on any atom is 0.413 e. The normalized spacial score (nSPS) is 33.7. The average molecular weight is 287 g/mol. The highest BCUT2D eigenvalue weighted by Crippen LogP contribution is 2.38. The molecule has 114 valence electrons. The Balaban J connectivity index is 2.26. The number of carboxylic acid groups (broad SMARTS) is 1. The molecule has 7 heteroatoms. The zero-order valence-corrected chi connectivity index (χ0v) is 12.2. The molecule has 7 nitrogen and oxygen atoms in total. The molecular formula is C13H21NO6. The molecule has 2 fully saturated rings. The predicted molar refractivity (Wildman–Crippen MR) is 68.2 cm³/mol. The zero-order valence-electron chi connectivity index (χ0n) is 12.2. The summed E-state index contributed by atoms with van der Waals surface area (Å²) in [6, 6.07) is -1.04. The number of carboxylic acids is 1. The number of aliphatic carboxylic acids is 1. The number of hydrogen-bond donors (Lipinski definition) is 1. The summed E-state index contributed by atoms with van der Waals surface area (Å²) in [6.45, 7) is 7.18. The van der Waals surface area contributed by atoms with Gasteiger partial charge in [-0.05, 0) is 27.7 Å². The Hall–Kier alpha value is -1.34. The van der Waals surface area contributed by atoms with Crippen LogP contribution in [0.3, 0.4) is 0 Å². The van der Waals surface area contributed by atoms with Crippen LogP contribution in [0, 0.1) is 0 Å². The largest absolute Gasteiger partial charge is 0.480 e. The van der Waals surface area contributed by atoms with Crippen LogP contribution < -0.4 is 0 Å². The molecule has 2 saturated heterocycles. The number of rotatable bonds is 1. The lowest BCUT2D eigenvalue weighted by Crippen LogP contribution is -2.55. The molecule has 0 bridgehead atoms. The summed E-state index contributed by atoms with van der Waals surface area (Å²) >= 11 is 0. The smallest absolute Gasteiger partial charge is 0.413 e. The molecular weight excluding hydrogens is 266 g/mol. The topological polar surface area (TPSA) is 85.3 Å². The second kappa shape index (κ2) is 4.89. The second-order valence-corrected chi connectivity index (χ2v) is 6.29. The van der Waals surface area contributed by atoms with Crippen molar-refractivity contribution in [2.45, 2.75) is 57.6 Å². The highest BCUT2D eigenvalue weighted by atomic mass is 16.6. The minimum atomic E-state index is -1.10. The lowest BCUT2D eigenvalue weighted by molar-refractivity contribution is -0.143. The third-order valence-electron chi connectivity index (χ3n) is 3.34. The Labute approximate surface area is 117 Å². The van der Waals surface area contributed by atoms with Crippen LogP contribution >= 0.6 is 0 Å². The summed E-state index contributed by atoms with van der Waals surface area (Å²) in [6.07, 6.45) is -0.330. The molecule has 1 spiro atoms. The molecule has 1 N–H and O–H groups in total. The quantitative estimate of drug-likeness (QED) is 0.780. The molecule has 0 aromatic rings. The van der Waals surface area contributed by atoms with Crippen LogP contribution in [0.2, 0.25) is 0 Å². The Morgan fingerprint density at radius 3 is 2.50 bits per heavy atom. The molecule has 0 aromatic heterocycles. The van der Waals surface area contributed by atoms with Crippen molar-refractivity contribution in [1.82, 2.24) is 4.90 Å². The minimum absolute atomic E-state index is 0.0509. The van der Waals surface area contributed by atoms with E-state index in [9.17, 15) is 14.7 Å². The van der Waals surface area contributed by atoms with Gasteiger partial charge >= 0.3 is 12.1 Å². The fraction of sp³-hybridized carbons (Fsp3) is 0.846. The highest BCUT2D eigenvalue weighted by Gasteiger charge is 2.57. The average Bonchev–Trinajstić information content (AvgIpc) is 2.81. The third kappa shape index (κ3) is 2.73. The van der Waals surface area contributed by atoms with E-state index in [2.05, 4.69) is 0 Å². The summed E-state index contributed by atoms with van der Waals surface area (Å²) in [5, 5.41) is 9.27. The number of carbonyl (C=O) groups is 2. The van der Waals surface area contributed by atoms with Gasteiger partial charge in [0, 0.05) is 6.42 Å². The Morgan fingerprint density at radius 2 is 2.05 bits per heavy atom. The van der Waals surface area contributed by atoms with E-state index >= 15 is 0 Å². The number of amides is 1. The molecule has 3 unspecified atom stereocenters. The van der Waals surface area contributed by atoms with E-state index in [-0.39, 0.29) is 19.3 Å². The first-order valence-corrected chi connectivity index (χ1v) is 6.65. The minimum Gasteiger partial charge on any atom is -0.480 e. The number of ether oxygens (including phenoxy) is 3. The number of hydrogen-bond acceptors (Lipinski definition) is 5. The molecule has 0 aromatic carbocycles. The van der Waals surface area contributed by atoms with Crippen LogP contribution in [0.25, 0.3) is 0 Å². The first kappa shape index (κ1) is 15.1. The van der Waals surface area contributed by atoms with Gasteiger partial charge in [-0.1, -0.05) is 0 Å². The van der Waals surface area contributed by atoms with E-state index in [1.807, 2.05) is 6.92 Å². The van der Waals surface area contributed by atoms with Gasteiger partial charge in [-0.2, -0.15) is 0 Å². The Morgan fingerprint density at radius 1 is 1.40 bits per heavy atom. The van der Waals surface area contributed by atoms with E-state index in [1.165, 1.54) is 4.90 Å². The van der Waals surface area contributed by atoms with Crippen molar-refractivity contribution in [3.63, 3.8) is 0 Å². The van der Waals surface area contributed by atoms with Crippen molar-refractivity contribution in [3.8, 4) is 0 Å². The lowest BCUT2D eigenvalue weighted by atomic mass is 10.1. The maximum absolute atomic E-state index is 12.3. The summed E-state index contributed by atoms with van der Waals surface area (Å²) in [4.78, 5) is 24.9. The number of carbonyl (C=O) groups excluding carboxylic acids is 1. The molecule has 0 aliphatic carbocycles. The van der Waals surface area contributed by atoms with Crippen LogP contribution in [0.5, 0.6) is 0 Å². The Kier molecular flexibility index (Phi) is 3.68. The van der Waals surface area contributed by atoms with E-state index in [0.717, 1.165) is 0 Å². The van der Waals surface area contributed by atoms with Crippen LogP contribution in [0.15, 0.2) is 0 Å². The standard InChI is InChI=1S/C13H21NO6/c1-8-5-13(7-18-8)14(9(6-19-13)10(15)16)11(17)20-12(2,3)4/h8-9H,5-7H2,1-4H3,(H,15,16). The van der Waals surface area contributed by atoms with Crippen LogP contribution in [-0.2, 0) is 19.0 Å².